The van der Waals surface area contributed by atoms with Crippen LogP contribution in [0.1, 0.15) is 31.6 Å². The number of oxazole rings is 1. The van der Waals surface area contributed by atoms with E-state index in [-0.39, 0.29) is 24.2 Å². The lowest BCUT2D eigenvalue weighted by Crippen LogP contribution is -2.54. The van der Waals surface area contributed by atoms with Crippen LogP contribution in [0.3, 0.4) is 0 Å². The van der Waals surface area contributed by atoms with Crippen molar-refractivity contribution in [2.45, 2.75) is 56.8 Å². The van der Waals surface area contributed by atoms with Crippen LogP contribution in [0.2, 0.25) is 0 Å². The normalized spacial score (nSPS) is 22.3. The van der Waals surface area contributed by atoms with Crippen LogP contribution < -0.4 is 10.6 Å². The van der Waals surface area contributed by atoms with Crippen LogP contribution >= 0.6 is 0 Å². The van der Waals surface area contributed by atoms with Crippen molar-refractivity contribution in [3.63, 3.8) is 0 Å². The topological polar surface area (TPSA) is 96.2 Å². The van der Waals surface area contributed by atoms with Crippen LogP contribution in [0, 0.1) is 6.92 Å². The van der Waals surface area contributed by atoms with Gasteiger partial charge in [0.25, 0.3) is 0 Å². The number of nitrogens with zero attached hydrogens (tertiary/aromatic N) is 4. The van der Waals surface area contributed by atoms with E-state index >= 15 is 0 Å². The first-order valence-electron chi connectivity index (χ1n) is 11.2. The van der Waals surface area contributed by atoms with Gasteiger partial charge in [0.05, 0.1) is 17.8 Å². The van der Waals surface area contributed by atoms with Gasteiger partial charge in [-0.2, -0.15) is 0 Å². The number of aromatic nitrogens is 3. The molecule has 0 saturated carbocycles. The molecule has 8 nitrogen and oxygen atoms in total. The van der Waals surface area contributed by atoms with Crippen molar-refractivity contribution >= 4 is 22.8 Å². The van der Waals surface area contributed by atoms with Gasteiger partial charge in [-0.1, -0.05) is 0 Å². The number of piperidine rings is 1. The van der Waals surface area contributed by atoms with Crippen LogP contribution in [0.5, 0.6) is 0 Å². The number of rotatable bonds is 6. The molecule has 0 aromatic carbocycles. The van der Waals surface area contributed by atoms with Gasteiger partial charge in [-0.15, -0.1) is 0 Å². The lowest BCUT2D eigenvalue weighted by atomic mass is 9.97. The first-order valence-corrected chi connectivity index (χ1v) is 11.2. The molecular weight excluding hydrogens is 430 g/mol. The summed E-state index contributed by atoms with van der Waals surface area (Å²) in [6.45, 7) is 0.312. The second kappa shape index (κ2) is 9.01. The van der Waals surface area contributed by atoms with Crippen LogP contribution in [0.15, 0.2) is 35.0 Å². The minimum Gasteiger partial charge on any atom is -0.439 e. The zero-order valence-electron chi connectivity index (χ0n) is 18.3. The predicted octanol–water partition coefficient (Wildman–Crippen LogP) is 4.02. The van der Waals surface area contributed by atoms with E-state index in [0.717, 1.165) is 18.2 Å². The highest BCUT2D eigenvalue weighted by molar-refractivity contribution is 5.91. The molecule has 0 radical (unpaired) electrons. The smallest absolute Gasteiger partial charge is 0.323 e. The summed E-state index contributed by atoms with van der Waals surface area (Å²) in [6.07, 6.45) is 6.45. The Labute approximate surface area is 189 Å². The second-order valence-corrected chi connectivity index (χ2v) is 8.77. The van der Waals surface area contributed by atoms with Crippen molar-refractivity contribution in [3.05, 3.63) is 36.5 Å². The molecule has 2 fully saturated rings. The van der Waals surface area contributed by atoms with E-state index in [4.69, 9.17) is 4.42 Å². The van der Waals surface area contributed by atoms with Crippen LogP contribution in [0.4, 0.5) is 19.4 Å². The molecule has 0 aliphatic carbocycles. The van der Waals surface area contributed by atoms with Crippen LogP contribution in [-0.4, -0.2) is 63.4 Å². The van der Waals surface area contributed by atoms with Gasteiger partial charge >= 0.3 is 6.03 Å². The zero-order chi connectivity index (χ0) is 22.9. The van der Waals surface area contributed by atoms with Crippen molar-refractivity contribution in [2.75, 3.05) is 18.7 Å². The minimum absolute atomic E-state index is 0.0178. The number of aryl methyl sites for hydroxylation is 1. The Hall–Kier alpha value is -3.14. The summed E-state index contributed by atoms with van der Waals surface area (Å²) in [7, 11) is 0. The lowest BCUT2D eigenvalue weighted by molar-refractivity contribution is 0.133. The number of amides is 2. The Bertz CT molecular complexity index is 1140. The van der Waals surface area contributed by atoms with Crippen molar-refractivity contribution in [2.24, 2.45) is 0 Å². The average molecular weight is 456 g/mol. The third-order valence-electron chi connectivity index (χ3n) is 6.49. The summed E-state index contributed by atoms with van der Waals surface area (Å²) in [4.78, 5) is 28.1. The summed E-state index contributed by atoms with van der Waals surface area (Å²) in [5.41, 5.74) is 1.33. The number of halogens is 2. The monoisotopic (exact) mass is 456 g/mol. The van der Waals surface area contributed by atoms with E-state index in [1.807, 2.05) is 17.0 Å². The highest BCUT2D eigenvalue weighted by Gasteiger charge is 2.43. The van der Waals surface area contributed by atoms with Gasteiger partial charge in [-0.3, -0.25) is 5.32 Å². The molecule has 0 spiro atoms. The number of nitrogens with one attached hydrogen (secondary N) is 2. The number of anilines is 1. The van der Waals surface area contributed by atoms with E-state index in [9.17, 15) is 13.6 Å². The molecule has 3 aromatic rings. The number of alkyl halides is 2. The second-order valence-electron chi connectivity index (χ2n) is 8.77. The molecule has 2 saturated heterocycles. The summed E-state index contributed by atoms with van der Waals surface area (Å²) in [5.74, 6) is 1.56. The van der Waals surface area contributed by atoms with Gasteiger partial charge in [0.2, 0.25) is 0 Å². The molecule has 3 aromatic heterocycles. The van der Waals surface area contributed by atoms with Crippen molar-refractivity contribution in [1.82, 2.24) is 25.2 Å². The first-order chi connectivity index (χ1) is 16.0. The molecular formula is C23H26F2N6O2. The number of carbonyl (C=O) groups is 1. The van der Waals surface area contributed by atoms with Gasteiger partial charge in [0.1, 0.15) is 24.9 Å². The quantitative estimate of drug-likeness (QED) is 0.582. The molecule has 174 valence electrons. The fraction of sp³-hybridized carbons (Fsp3) is 0.478. The zero-order valence-corrected chi connectivity index (χ0v) is 18.3. The minimum atomic E-state index is -0.769. The molecule has 2 amide bonds. The fourth-order valence-electron chi connectivity index (χ4n) is 4.98. The SMILES string of the molecule is Cc1ncc(-c2ccc3cnc(NC(=O)N4[C@@H]5CC[C@H]4C[C@H](NC(CF)CF)C5)cc3n2)o1. The molecule has 10 heteroatoms. The standard InChI is InChI=1S/C23H26F2N6O2/c1-13-26-12-21(33-13)19-5-2-14-11-27-22(8-20(14)29-19)30-23(32)31-17-3-4-18(31)7-15(6-17)28-16(9-24)10-25/h2,5,8,11-12,15-18,28H,3-4,6-7,9-10H2,1H3,(H,27,30,32)/t15-,17-,18+. The maximum Gasteiger partial charge on any atom is 0.323 e. The van der Waals surface area contributed by atoms with E-state index in [0.29, 0.717) is 41.5 Å². The Morgan fingerprint density at radius 1 is 1.18 bits per heavy atom. The number of carbonyl (C=O) groups excluding carboxylic acids is 1. The highest BCUT2D eigenvalue weighted by Crippen LogP contribution is 2.36. The molecule has 33 heavy (non-hydrogen) atoms. The summed E-state index contributed by atoms with van der Waals surface area (Å²) in [5, 5.41) is 6.81. The Balaban J connectivity index is 1.29. The number of hydrogen-bond acceptors (Lipinski definition) is 6. The van der Waals surface area contributed by atoms with E-state index in [2.05, 4.69) is 25.6 Å². The van der Waals surface area contributed by atoms with Gasteiger partial charge < -0.3 is 14.6 Å². The van der Waals surface area contributed by atoms with E-state index in [1.54, 1.807) is 25.4 Å². The molecule has 5 rings (SSSR count). The summed E-state index contributed by atoms with van der Waals surface area (Å²) in [6, 6.07) is 4.61. The molecule has 2 aliphatic rings. The highest BCUT2D eigenvalue weighted by atomic mass is 19.1. The summed E-state index contributed by atoms with van der Waals surface area (Å²) >= 11 is 0. The van der Waals surface area contributed by atoms with Crippen molar-refractivity contribution in [3.8, 4) is 11.5 Å². The maximum absolute atomic E-state index is 13.1. The molecule has 2 aliphatic heterocycles. The molecule has 2 bridgehead atoms. The number of pyridine rings is 2. The number of urea groups is 1. The van der Waals surface area contributed by atoms with E-state index < -0.39 is 19.4 Å². The van der Waals surface area contributed by atoms with E-state index in [1.165, 1.54) is 0 Å². The van der Waals surface area contributed by atoms with Crippen LogP contribution in [0.25, 0.3) is 22.4 Å². The third-order valence-corrected chi connectivity index (χ3v) is 6.49. The molecule has 3 atom stereocenters. The van der Waals surface area contributed by atoms with Gasteiger partial charge in [-0.25, -0.2) is 28.5 Å². The average Bonchev–Trinajstić information content (AvgIpc) is 3.37. The van der Waals surface area contributed by atoms with Gasteiger partial charge in [-0.05, 0) is 37.8 Å². The Morgan fingerprint density at radius 3 is 2.61 bits per heavy atom. The number of fused-ring (bicyclic) bond motifs is 3. The largest absolute Gasteiger partial charge is 0.439 e. The Morgan fingerprint density at radius 2 is 1.94 bits per heavy atom. The van der Waals surface area contributed by atoms with Gasteiger partial charge in [0.15, 0.2) is 11.7 Å². The third kappa shape index (κ3) is 4.39. The lowest BCUT2D eigenvalue weighted by Gasteiger charge is -2.39. The predicted molar refractivity (Wildman–Crippen MR) is 119 cm³/mol. The van der Waals surface area contributed by atoms with Gasteiger partial charge in [0, 0.05) is 42.7 Å². The first kappa shape index (κ1) is 21.7. The molecule has 0 unspecified atom stereocenters. The summed E-state index contributed by atoms with van der Waals surface area (Å²) < 4.78 is 31.4. The fourth-order valence-corrected chi connectivity index (χ4v) is 4.98. The molecule has 2 N–H and O–H groups in total. The van der Waals surface area contributed by atoms with Crippen LogP contribution in [-0.2, 0) is 0 Å². The molecule has 5 heterocycles. The maximum atomic E-state index is 13.1. The number of hydrogen-bond donors (Lipinski definition) is 2. The van der Waals surface area contributed by atoms with Crippen molar-refractivity contribution < 1.29 is 18.0 Å². The van der Waals surface area contributed by atoms with Crippen molar-refractivity contribution in [1.29, 1.82) is 0 Å². The Kier molecular flexibility index (Phi) is 5.92.